The van der Waals surface area contributed by atoms with E-state index < -0.39 is 5.91 Å². The number of rotatable bonds is 2. The molecule has 0 radical (unpaired) electrons. The van der Waals surface area contributed by atoms with E-state index in [1.165, 1.54) is 18.2 Å². The van der Waals surface area contributed by atoms with Crippen molar-refractivity contribution in [3.05, 3.63) is 52.7 Å². The highest BCUT2D eigenvalue weighted by Crippen LogP contribution is 2.22. The molecule has 2 N–H and O–H groups in total. The molecule has 5 heteroatoms. The zero-order valence-electron chi connectivity index (χ0n) is 9.64. The lowest BCUT2D eigenvalue weighted by atomic mass is 10.2. The molecule has 0 aliphatic carbocycles. The number of nitrogens with one attached hydrogen (secondary N) is 1. The molecule has 4 nitrogen and oxygen atoms in total. The van der Waals surface area contributed by atoms with Crippen molar-refractivity contribution in [2.24, 2.45) is 0 Å². The number of aromatic nitrogens is 1. The van der Waals surface area contributed by atoms with Crippen LogP contribution in [0.15, 0.2) is 36.5 Å². The zero-order chi connectivity index (χ0) is 13.1. The first-order valence-corrected chi connectivity index (χ1v) is 5.66. The van der Waals surface area contributed by atoms with Crippen LogP contribution in [0, 0.1) is 6.92 Å². The average molecular weight is 263 g/mol. The Morgan fingerprint density at radius 3 is 2.78 bits per heavy atom. The van der Waals surface area contributed by atoms with Gasteiger partial charge in [-0.05, 0) is 36.8 Å². The number of phenols is 1. The van der Waals surface area contributed by atoms with Crippen LogP contribution >= 0.6 is 11.6 Å². The fraction of sp³-hybridized carbons (Fsp3) is 0.0769. The SMILES string of the molecule is Cc1ccc(NC(=O)c2cc(O)ccc2Cl)nc1. The Labute approximate surface area is 109 Å². The van der Waals surface area contributed by atoms with E-state index in [0.717, 1.165) is 5.56 Å². The molecule has 0 saturated carbocycles. The molecule has 0 fully saturated rings. The first-order valence-electron chi connectivity index (χ1n) is 5.29. The molecule has 2 rings (SSSR count). The summed E-state index contributed by atoms with van der Waals surface area (Å²) >= 11 is 5.89. The topological polar surface area (TPSA) is 62.2 Å². The van der Waals surface area contributed by atoms with Crippen LogP contribution in [0.1, 0.15) is 15.9 Å². The fourth-order valence-corrected chi connectivity index (χ4v) is 1.62. The Morgan fingerprint density at radius 1 is 1.33 bits per heavy atom. The number of phenolic OH excluding ortho intramolecular Hbond substituents is 1. The van der Waals surface area contributed by atoms with Gasteiger partial charge in [0, 0.05) is 6.20 Å². The van der Waals surface area contributed by atoms with Gasteiger partial charge in [-0.2, -0.15) is 0 Å². The lowest BCUT2D eigenvalue weighted by Gasteiger charge is -2.06. The summed E-state index contributed by atoms with van der Waals surface area (Å²) in [5, 5.41) is 12.2. The molecule has 18 heavy (non-hydrogen) atoms. The summed E-state index contributed by atoms with van der Waals surface area (Å²) in [5.74, 6) is 0.0127. The van der Waals surface area contributed by atoms with Gasteiger partial charge in [0.1, 0.15) is 11.6 Å². The molecule has 0 aliphatic rings. The van der Waals surface area contributed by atoms with Crippen molar-refractivity contribution < 1.29 is 9.90 Å². The van der Waals surface area contributed by atoms with Crippen LogP contribution in [0.2, 0.25) is 5.02 Å². The lowest BCUT2D eigenvalue weighted by molar-refractivity contribution is 0.102. The summed E-state index contributed by atoms with van der Waals surface area (Å²) in [6, 6.07) is 7.74. The number of carbonyl (C=O) groups is 1. The smallest absolute Gasteiger partial charge is 0.258 e. The summed E-state index contributed by atoms with van der Waals surface area (Å²) in [6.07, 6.45) is 1.65. The largest absolute Gasteiger partial charge is 0.508 e. The second kappa shape index (κ2) is 5.06. The molecule has 1 amide bonds. The number of anilines is 1. The minimum atomic E-state index is -0.410. The van der Waals surface area contributed by atoms with Crippen LogP contribution in [0.5, 0.6) is 5.75 Å². The first-order chi connectivity index (χ1) is 8.56. The molecule has 2 aromatic rings. The molecule has 0 bridgehead atoms. The van der Waals surface area contributed by atoms with Gasteiger partial charge in [-0.25, -0.2) is 4.98 Å². The maximum absolute atomic E-state index is 11.9. The number of aromatic hydroxyl groups is 1. The minimum absolute atomic E-state index is 0.0126. The van der Waals surface area contributed by atoms with Gasteiger partial charge in [0.25, 0.3) is 5.91 Å². The average Bonchev–Trinajstić information content (AvgIpc) is 2.35. The zero-order valence-corrected chi connectivity index (χ0v) is 10.4. The molecule has 0 spiro atoms. The second-order valence-electron chi connectivity index (χ2n) is 3.84. The van der Waals surface area contributed by atoms with E-state index in [-0.39, 0.29) is 16.3 Å². The predicted octanol–water partition coefficient (Wildman–Crippen LogP) is 3.00. The van der Waals surface area contributed by atoms with E-state index in [4.69, 9.17) is 11.6 Å². The summed E-state index contributed by atoms with van der Waals surface area (Å²) < 4.78 is 0. The molecular weight excluding hydrogens is 252 g/mol. The molecule has 92 valence electrons. The van der Waals surface area contributed by atoms with E-state index in [1.807, 2.05) is 13.0 Å². The van der Waals surface area contributed by atoms with Crippen LogP contribution in [-0.4, -0.2) is 16.0 Å². The van der Waals surface area contributed by atoms with Crippen molar-refractivity contribution in [1.82, 2.24) is 4.98 Å². The van der Waals surface area contributed by atoms with Crippen molar-refractivity contribution >= 4 is 23.3 Å². The van der Waals surface area contributed by atoms with Crippen LogP contribution in [0.4, 0.5) is 5.82 Å². The van der Waals surface area contributed by atoms with Gasteiger partial charge in [0.2, 0.25) is 0 Å². The maximum atomic E-state index is 11.9. The molecule has 1 aromatic carbocycles. The molecule has 0 unspecified atom stereocenters. The summed E-state index contributed by atoms with van der Waals surface area (Å²) in [6.45, 7) is 1.91. The third-order valence-electron chi connectivity index (χ3n) is 2.35. The molecule has 0 aliphatic heterocycles. The van der Waals surface area contributed by atoms with Crippen molar-refractivity contribution in [3.8, 4) is 5.75 Å². The van der Waals surface area contributed by atoms with Crippen molar-refractivity contribution in [3.63, 3.8) is 0 Å². The predicted molar refractivity (Wildman–Crippen MR) is 70.0 cm³/mol. The highest BCUT2D eigenvalue weighted by atomic mass is 35.5. The number of hydrogen-bond donors (Lipinski definition) is 2. The third kappa shape index (κ3) is 2.78. The Balaban J connectivity index is 2.21. The number of aryl methyl sites for hydroxylation is 1. The number of pyridine rings is 1. The number of benzene rings is 1. The summed E-state index contributed by atoms with van der Waals surface area (Å²) in [5.41, 5.74) is 1.21. The quantitative estimate of drug-likeness (QED) is 0.875. The highest BCUT2D eigenvalue weighted by molar-refractivity contribution is 6.34. The summed E-state index contributed by atoms with van der Waals surface area (Å²) in [4.78, 5) is 16.0. The molecule has 1 aromatic heterocycles. The standard InChI is InChI=1S/C13H11ClN2O2/c1-8-2-5-12(15-7-8)16-13(18)10-6-9(17)3-4-11(10)14/h2-7,17H,1H3,(H,15,16,18). The molecule has 0 atom stereocenters. The van der Waals surface area contributed by atoms with Crippen LogP contribution in [0.25, 0.3) is 0 Å². The number of carbonyl (C=O) groups excluding carboxylic acids is 1. The molecular formula is C13H11ClN2O2. The monoisotopic (exact) mass is 262 g/mol. The molecule has 0 saturated heterocycles. The van der Waals surface area contributed by atoms with Crippen LogP contribution < -0.4 is 5.32 Å². The van der Waals surface area contributed by atoms with Gasteiger partial charge in [-0.3, -0.25) is 4.79 Å². The number of halogens is 1. The van der Waals surface area contributed by atoms with Gasteiger partial charge in [0.05, 0.1) is 10.6 Å². The van der Waals surface area contributed by atoms with Gasteiger partial charge < -0.3 is 10.4 Å². The highest BCUT2D eigenvalue weighted by Gasteiger charge is 2.11. The van der Waals surface area contributed by atoms with Crippen molar-refractivity contribution in [2.45, 2.75) is 6.92 Å². The second-order valence-corrected chi connectivity index (χ2v) is 4.25. The number of amides is 1. The van der Waals surface area contributed by atoms with E-state index in [1.54, 1.807) is 12.3 Å². The summed E-state index contributed by atoms with van der Waals surface area (Å²) in [7, 11) is 0. The maximum Gasteiger partial charge on any atom is 0.258 e. The van der Waals surface area contributed by atoms with Gasteiger partial charge in [-0.15, -0.1) is 0 Å². The first kappa shape index (κ1) is 12.4. The Morgan fingerprint density at radius 2 is 2.11 bits per heavy atom. The number of hydrogen-bond acceptors (Lipinski definition) is 3. The van der Waals surface area contributed by atoms with E-state index >= 15 is 0 Å². The van der Waals surface area contributed by atoms with Crippen molar-refractivity contribution in [1.29, 1.82) is 0 Å². The van der Waals surface area contributed by atoms with Gasteiger partial charge in [0.15, 0.2) is 0 Å². The van der Waals surface area contributed by atoms with Crippen LogP contribution in [0.3, 0.4) is 0 Å². The van der Waals surface area contributed by atoms with Gasteiger partial charge in [-0.1, -0.05) is 17.7 Å². The lowest BCUT2D eigenvalue weighted by Crippen LogP contribution is -2.13. The Kier molecular flexibility index (Phi) is 3.48. The van der Waals surface area contributed by atoms with E-state index in [2.05, 4.69) is 10.3 Å². The van der Waals surface area contributed by atoms with Crippen LogP contribution in [-0.2, 0) is 0 Å². The number of nitrogens with zero attached hydrogens (tertiary/aromatic N) is 1. The van der Waals surface area contributed by atoms with E-state index in [9.17, 15) is 9.90 Å². The normalized spacial score (nSPS) is 10.1. The molecule has 1 heterocycles. The minimum Gasteiger partial charge on any atom is -0.508 e. The van der Waals surface area contributed by atoms with Gasteiger partial charge >= 0.3 is 0 Å². The van der Waals surface area contributed by atoms with E-state index in [0.29, 0.717) is 5.82 Å². The van der Waals surface area contributed by atoms with Crippen molar-refractivity contribution in [2.75, 3.05) is 5.32 Å². The fourth-order valence-electron chi connectivity index (χ4n) is 1.41. The Bertz CT molecular complexity index is 582. The third-order valence-corrected chi connectivity index (χ3v) is 2.68. The Hall–Kier alpha value is -2.07.